The van der Waals surface area contributed by atoms with Crippen molar-refractivity contribution in [3.63, 3.8) is 0 Å². The van der Waals surface area contributed by atoms with Gasteiger partial charge in [-0.2, -0.15) is 13.2 Å². The van der Waals surface area contributed by atoms with Crippen LogP contribution in [0.25, 0.3) is 0 Å². The largest absolute Gasteiger partial charge is 0.416 e. The van der Waals surface area contributed by atoms with E-state index in [1.807, 2.05) is 0 Å². The lowest BCUT2D eigenvalue weighted by Crippen LogP contribution is -2.14. The molecule has 0 fully saturated rings. The van der Waals surface area contributed by atoms with Crippen molar-refractivity contribution in [2.75, 3.05) is 6.54 Å². The molecule has 1 aromatic carbocycles. The first kappa shape index (κ1) is 14.5. The molecular formula is C11H14BrF3N2. The SMILES string of the molecule is NCCC[C@H](N)c1cc(Br)cc(C(F)(F)F)c1. The first-order valence-corrected chi connectivity index (χ1v) is 5.97. The fourth-order valence-corrected chi connectivity index (χ4v) is 2.01. The van der Waals surface area contributed by atoms with Crippen molar-refractivity contribution >= 4 is 15.9 Å². The molecule has 6 heteroatoms. The molecule has 17 heavy (non-hydrogen) atoms. The van der Waals surface area contributed by atoms with Crippen LogP contribution in [0.2, 0.25) is 0 Å². The molecule has 0 aliphatic heterocycles. The van der Waals surface area contributed by atoms with E-state index in [4.69, 9.17) is 11.5 Å². The van der Waals surface area contributed by atoms with Crippen LogP contribution >= 0.6 is 15.9 Å². The highest BCUT2D eigenvalue weighted by molar-refractivity contribution is 9.10. The molecule has 0 aliphatic rings. The van der Waals surface area contributed by atoms with E-state index in [0.717, 1.165) is 12.1 Å². The van der Waals surface area contributed by atoms with Gasteiger partial charge in [-0.25, -0.2) is 0 Å². The average molecular weight is 311 g/mol. The maximum atomic E-state index is 12.6. The second-order valence-electron chi connectivity index (χ2n) is 3.81. The second kappa shape index (κ2) is 5.84. The van der Waals surface area contributed by atoms with E-state index in [-0.39, 0.29) is 0 Å². The van der Waals surface area contributed by atoms with Gasteiger partial charge < -0.3 is 11.5 Å². The molecule has 0 bridgehead atoms. The molecule has 0 radical (unpaired) electrons. The summed E-state index contributed by atoms with van der Waals surface area (Å²) in [5.41, 5.74) is 10.9. The molecule has 0 saturated carbocycles. The van der Waals surface area contributed by atoms with Crippen LogP contribution in [0.1, 0.15) is 30.0 Å². The molecule has 1 atom stereocenters. The highest BCUT2D eigenvalue weighted by Crippen LogP contribution is 2.33. The van der Waals surface area contributed by atoms with Crippen LogP contribution in [-0.2, 0) is 6.18 Å². The molecule has 1 aromatic rings. The van der Waals surface area contributed by atoms with Crippen LogP contribution in [0, 0.1) is 0 Å². The molecule has 0 amide bonds. The van der Waals surface area contributed by atoms with Gasteiger partial charge in [0.2, 0.25) is 0 Å². The first-order chi connectivity index (χ1) is 7.84. The summed E-state index contributed by atoms with van der Waals surface area (Å²) in [5, 5.41) is 0. The molecule has 2 nitrogen and oxygen atoms in total. The van der Waals surface area contributed by atoms with Crippen LogP contribution in [-0.4, -0.2) is 6.54 Å². The van der Waals surface area contributed by atoms with Crippen molar-refractivity contribution in [1.82, 2.24) is 0 Å². The summed E-state index contributed by atoms with van der Waals surface area (Å²) in [6, 6.07) is 3.32. The normalized spacial score (nSPS) is 13.8. The third kappa shape index (κ3) is 4.29. The van der Waals surface area contributed by atoms with E-state index in [0.29, 0.717) is 29.4 Å². The number of halogens is 4. The zero-order chi connectivity index (χ0) is 13.1. The molecule has 0 aromatic heterocycles. The van der Waals surface area contributed by atoms with Crippen molar-refractivity contribution in [2.45, 2.75) is 25.1 Å². The smallest absolute Gasteiger partial charge is 0.330 e. The van der Waals surface area contributed by atoms with E-state index in [1.165, 1.54) is 0 Å². The third-order valence-electron chi connectivity index (χ3n) is 2.39. The minimum atomic E-state index is -4.36. The number of rotatable bonds is 4. The van der Waals surface area contributed by atoms with Gasteiger partial charge >= 0.3 is 6.18 Å². The summed E-state index contributed by atoms with van der Waals surface area (Å²) in [6.07, 6.45) is -3.09. The molecular weight excluding hydrogens is 297 g/mol. The summed E-state index contributed by atoms with van der Waals surface area (Å²) >= 11 is 3.06. The Hall–Kier alpha value is -0.590. The minimum absolute atomic E-state index is 0.380. The van der Waals surface area contributed by atoms with Crippen molar-refractivity contribution < 1.29 is 13.2 Å². The summed E-state index contributed by atoms with van der Waals surface area (Å²) in [4.78, 5) is 0. The topological polar surface area (TPSA) is 52.0 Å². The van der Waals surface area contributed by atoms with E-state index in [1.54, 1.807) is 6.07 Å². The number of hydrogen-bond donors (Lipinski definition) is 2. The van der Waals surface area contributed by atoms with Crippen molar-refractivity contribution in [3.8, 4) is 0 Å². The lowest BCUT2D eigenvalue weighted by Gasteiger charge is -2.15. The van der Waals surface area contributed by atoms with Crippen molar-refractivity contribution in [3.05, 3.63) is 33.8 Å². The molecule has 1 rings (SSSR count). The fraction of sp³-hybridized carbons (Fsp3) is 0.455. The van der Waals surface area contributed by atoms with Crippen molar-refractivity contribution in [2.24, 2.45) is 11.5 Å². The van der Waals surface area contributed by atoms with Crippen molar-refractivity contribution in [1.29, 1.82) is 0 Å². The van der Waals surface area contributed by atoms with Gasteiger partial charge in [0.1, 0.15) is 0 Å². The highest BCUT2D eigenvalue weighted by Gasteiger charge is 2.31. The maximum absolute atomic E-state index is 12.6. The Labute approximate surface area is 106 Å². The monoisotopic (exact) mass is 310 g/mol. The summed E-state index contributed by atoms with van der Waals surface area (Å²) in [7, 11) is 0. The third-order valence-corrected chi connectivity index (χ3v) is 2.85. The second-order valence-corrected chi connectivity index (χ2v) is 4.72. The fourth-order valence-electron chi connectivity index (χ4n) is 1.49. The van der Waals surface area contributed by atoms with Gasteiger partial charge in [-0.05, 0) is 43.1 Å². The summed E-state index contributed by atoms with van der Waals surface area (Å²) in [5.74, 6) is 0. The van der Waals surface area contributed by atoms with Gasteiger partial charge in [0.15, 0.2) is 0 Å². The van der Waals surface area contributed by atoms with Crippen LogP contribution in [0.4, 0.5) is 13.2 Å². The molecule has 96 valence electrons. The summed E-state index contributed by atoms with van der Waals surface area (Å²) in [6.45, 7) is 0.480. The Balaban J connectivity index is 2.97. The molecule has 4 N–H and O–H groups in total. The van der Waals surface area contributed by atoms with E-state index >= 15 is 0 Å². The van der Waals surface area contributed by atoms with Gasteiger partial charge in [0.25, 0.3) is 0 Å². The number of nitrogens with two attached hydrogens (primary N) is 2. The van der Waals surface area contributed by atoms with E-state index in [2.05, 4.69) is 15.9 Å². The number of benzene rings is 1. The maximum Gasteiger partial charge on any atom is 0.416 e. The van der Waals surface area contributed by atoms with E-state index < -0.39 is 17.8 Å². The summed E-state index contributed by atoms with van der Waals surface area (Å²) < 4.78 is 38.1. The Bertz CT molecular complexity index is 379. The predicted molar refractivity (Wildman–Crippen MR) is 64.4 cm³/mol. The Morgan fingerprint density at radius 2 is 1.88 bits per heavy atom. The minimum Gasteiger partial charge on any atom is -0.330 e. The van der Waals surface area contributed by atoms with Crippen LogP contribution < -0.4 is 11.5 Å². The Kier molecular flexibility index (Phi) is 4.97. The molecule has 0 saturated heterocycles. The van der Waals surface area contributed by atoms with Crippen LogP contribution in [0.15, 0.2) is 22.7 Å². The number of hydrogen-bond acceptors (Lipinski definition) is 2. The average Bonchev–Trinajstić information content (AvgIpc) is 2.23. The van der Waals surface area contributed by atoms with Gasteiger partial charge in [-0.15, -0.1) is 0 Å². The van der Waals surface area contributed by atoms with Gasteiger partial charge in [0.05, 0.1) is 5.56 Å². The number of alkyl halides is 3. The Morgan fingerprint density at radius 1 is 1.24 bits per heavy atom. The lowest BCUT2D eigenvalue weighted by molar-refractivity contribution is -0.137. The zero-order valence-corrected chi connectivity index (χ0v) is 10.7. The van der Waals surface area contributed by atoms with Gasteiger partial charge in [-0.1, -0.05) is 15.9 Å². The van der Waals surface area contributed by atoms with Crippen LogP contribution in [0.3, 0.4) is 0 Å². The van der Waals surface area contributed by atoms with E-state index in [9.17, 15) is 13.2 Å². The van der Waals surface area contributed by atoms with Crippen LogP contribution in [0.5, 0.6) is 0 Å². The van der Waals surface area contributed by atoms with Gasteiger partial charge in [0, 0.05) is 10.5 Å². The Morgan fingerprint density at radius 3 is 2.41 bits per heavy atom. The molecule has 0 unspecified atom stereocenters. The van der Waals surface area contributed by atoms with Gasteiger partial charge in [-0.3, -0.25) is 0 Å². The standard InChI is InChI=1S/C11H14BrF3N2/c12-9-5-7(10(17)2-1-3-16)4-8(6-9)11(13,14)15/h4-6,10H,1-3,16-17H2/t10-/m0/s1. The lowest BCUT2D eigenvalue weighted by atomic mass is 10.0. The first-order valence-electron chi connectivity index (χ1n) is 5.18. The molecule has 0 aliphatic carbocycles. The quantitative estimate of drug-likeness (QED) is 0.897. The highest BCUT2D eigenvalue weighted by atomic mass is 79.9. The zero-order valence-electron chi connectivity index (χ0n) is 9.10. The predicted octanol–water partition coefficient (Wildman–Crippen LogP) is 3.21. The molecule has 0 heterocycles. The molecule has 0 spiro atoms.